The molecule has 1 fully saturated rings. The lowest BCUT2D eigenvalue weighted by molar-refractivity contribution is -0.131. The third-order valence-corrected chi connectivity index (χ3v) is 4.01. The zero-order chi connectivity index (χ0) is 16.3. The van der Waals surface area contributed by atoms with Crippen molar-refractivity contribution >= 4 is 27.7 Å². The Morgan fingerprint density at radius 2 is 2.00 bits per heavy atom. The Labute approximate surface area is 139 Å². The number of rotatable bonds is 4. The van der Waals surface area contributed by atoms with Gasteiger partial charge in [0.05, 0.1) is 6.04 Å². The summed E-state index contributed by atoms with van der Waals surface area (Å²) in [4.78, 5) is 25.7. The van der Waals surface area contributed by atoms with Crippen LogP contribution in [0.4, 0.5) is 0 Å². The van der Waals surface area contributed by atoms with Crippen LogP contribution in [0, 0.1) is 0 Å². The molecule has 1 N–H and O–H groups in total. The fraction of sp³-hybridized carbons (Fsp3) is 0.500. The molecule has 1 aliphatic rings. The van der Waals surface area contributed by atoms with E-state index in [0.717, 1.165) is 4.47 Å². The molecule has 1 aromatic carbocycles. The summed E-state index contributed by atoms with van der Waals surface area (Å²) in [7, 11) is 0. The van der Waals surface area contributed by atoms with E-state index in [-0.39, 0.29) is 30.0 Å². The van der Waals surface area contributed by atoms with Crippen molar-refractivity contribution < 1.29 is 14.3 Å². The van der Waals surface area contributed by atoms with Gasteiger partial charge in [-0.25, -0.2) is 0 Å². The maximum absolute atomic E-state index is 12.0. The summed E-state index contributed by atoms with van der Waals surface area (Å²) in [5, 5.41) is 2.86. The second kappa shape index (κ2) is 6.69. The number of likely N-dealkylation sites (tertiary alicyclic amines) is 1. The first kappa shape index (κ1) is 16.8. The molecule has 2 rings (SSSR count). The summed E-state index contributed by atoms with van der Waals surface area (Å²) in [5.74, 6) is 0.500. The number of hydrogen-bond donors (Lipinski definition) is 1. The summed E-state index contributed by atoms with van der Waals surface area (Å²) in [6.07, 6.45) is 0.349. The SMILES string of the molecule is CC(C)(C)N1C[C@@H](NC(=O)COc2ccc(Br)cc2)CC1=O. The van der Waals surface area contributed by atoms with Crippen molar-refractivity contribution in [3.8, 4) is 5.75 Å². The van der Waals surface area contributed by atoms with Crippen LogP contribution >= 0.6 is 15.9 Å². The molecule has 0 spiro atoms. The van der Waals surface area contributed by atoms with Gasteiger partial charge in [0, 0.05) is 23.0 Å². The minimum absolute atomic E-state index is 0.0537. The van der Waals surface area contributed by atoms with Gasteiger partial charge in [-0.3, -0.25) is 9.59 Å². The molecule has 6 heteroatoms. The van der Waals surface area contributed by atoms with Gasteiger partial charge >= 0.3 is 0 Å². The Kier molecular flexibility index (Phi) is 5.11. The molecule has 1 atom stereocenters. The second-order valence-corrected chi connectivity index (χ2v) is 7.30. The van der Waals surface area contributed by atoms with Gasteiger partial charge in [0.25, 0.3) is 5.91 Å². The summed E-state index contributed by atoms with van der Waals surface area (Å²) in [5.41, 5.74) is -0.218. The Morgan fingerprint density at radius 1 is 1.36 bits per heavy atom. The van der Waals surface area contributed by atoms with Crippen LogP contribution in [-0.4, -0.2) is 41.4 Å². The number of carbonyl (C=O) groups excluding carboxylic acids is 2. The Bertz CT molecular complexity index is 552. The highest BCUT2D eigenvalue weighted by molar-refractivity contribution is 9.10. The van der Waals surface area contributed by atoms with Crippen LogP contribution in [0.1, 0.15) is 27.2 Å². The van der Waals surface area contributed by atoms with E-state index in [4.69, 9.17) is 4.74 Å². The maximum Gasteiger partial charge on any atom is 0.258 e. The predicted molar refractivity (Wildman–Crippen MR) is 87.7 cm³/mol. The number of benzene rings is 1. The van der Waals surface area contributed by atoms with Crippen LogP contribution in [0.15, 0.2) is 28.7 Å². The van der Waals surface area contributed by atoms with Gasteiger partial charge in [-0.15, -0.1) is 0 Å². The van der Waals surface area contributed by atoms with Crippen LogP contribution < -0.4 is 10.1 Å². The average molecular weight is 369 g/mol. The van der Waals surface area contributed by atoms with E-state index in [1.807, 2.05) is 32.9 Å². The largest absolute Gasteiger partial charge is 0.484 e. The lowest BCUT2D eigenvalue weighted by Crippen LogP contribution is -2.45. The van der Waals surface area contributed by atoms with Gasteiger partial charge < -0.3 is 15.0 Å². The van der Waals surface area contributed by atoms with Crippen molar-refractivity contribution in [2.75, 3.05) is 13.2 Å². The standard InChI is InChI=1S/C16H21BrN2O3/c1-16(2,3)19-9-12(8-15(19)21)18-14(20)10-22-13-6-4-11(17)5-7-13/h4-7,12H,8-10H2,1-3H3,(H,18,20)/t12-/m0/s1. The molecule has 22 heavy (non-hydrogen) atoms. The number of ether oxygens (including phenoxy) is 1. The van der Waals surface area contributed by atoms with Gasteiger partial charge in [-0.2, -0.15) is 0 Å². The van der Waals surface area contributed by atoms with E-state index in [1.54, 1.807) is 17.0 Å². The summed E-state index contributed by atoms with van der Waals surface area (Å²) >= 11 is 3.34. The summed E-state index contributed by atoms with van der Waals surface area (Å²) in [6.45, 7) is 6.47. The van der Waals surface area contributed by atoms with Crippen molar-refractivity contribution in [1.29, 1.82) is 0 Å². The first-order valence-corrected chi connectivity index (χ1v) is 8.03. The molecule has 5 nitrogen and oxygen atoms in total. The van der Waals surface area contributed by atoms with Gasteiger partial charge in [-0.05, 0) is 45.0 Å². The van der Waals surface area contributed by atoms with Crippen LogP contribution in [0.2, 0.25) is 0 Å². The fourth-order valence-corrected chi connectivity index (χ4v) is 2.67. The number of amides is 2. The summed E-state index contributed by atoms with van der Waals surface area (Å²) in [6, 6.07) is 7.14. The fourth-order valence-electron chi connectivity index (χ4n) is 2.40. The first-order chi connectivity index (χ1) is 10.3. The molecular formula is C16H21BrN2O3. The summed E-state index contributed by atoms with van der Waals surface area (Å²) < 4.78 is 6.38. The molecule has 2 amide bonds. The molecule has 0 saturated carbocycles. The van der Waals surface area contributed by atoms with Crippen molar-refractivity contribution in [1.82, 2.24) is 10.2 Å². The van der Waals surface area contributed by atoms with Crippen molar-refractivity contribution in [2.45, 2.75) is 38.8 Å². The monoisotopic (exact) mass is 368 g/mol. The third kappa shape index (κ3) is 4.47. The van der Waals surface area contributed by atoms with E-state index in [1.165, 1.54) is 0 Å². The lowest BCUT2D eigenvalue weighted by atomic mass is 10.1. The van der Waals surface area contributed by atoms with Crippen molar-refractivity contribution in [2.24, 2.45) is 0 Å². The smallest absolute Gasteiger partial charge is 0.258 e. The molecule has 0 bridgehead atoms. The molecule has 1 aromatic rings. The molecule has 0 radical (unpaired) electrons. The minimum atomic E-state index is -0.218. The zero-order valence-electron chi connectivity index (χ0n) is 13.1. The molecule has 0 unspecified atom stereocenters. The molecule has 1 aliphatic heterocycles. The number of hydrogen-bond acceptors (Lipinski definition) is 3. The maximum atomic E-state index is 12.0. The van der Waals surface area contributed by atoms with E-state index >= 15 is 0 Å². The highest BCUT2D eigenvalue weighted by atomic mass is 79.9. The van der Waals surface area contributed by atoms with Crippen LogP contribution in [0.3, 0.4) is 0 Å². The van der Waals surface area contributed by atoms with Gasteiger partial charge in [0.1, 0.15) is 5.75 Å². The molecule has 0 aliphatic carbocycles. The number of nitrogens with one attached hydrogen (secondary N) is 1. The quantitative estimate of drug-likeness (QED) is 0.887. The van der Waals surface area contributed by atoms with Gasteiger partial charge in [0.2, 0.25) is 5.91 Å². The predicted octanol–water partition coefficient (Wildman–Crippen LogP) is 2.34. The normalized spacial score (nSPS) is 18.5. The molecule has 120 valence electrons. The Balaban J connectivity index is 1.80. The number of carbonyl (C=O) groups is 2. The molecule has 0 aromatic heterocycles. The number of halogens is 1. The molecular weight excluding hydrogens is 348 g/mol. The van der Waals surface area contributed by atoms with E-state index in [9.17, 15) is 9.59 Å². The van der Waals surface area contributed by atoms with Crippen LogP contribution in [0.5, 0.6) is 5.75 Å². The van der Waals surface area contributed by atoms with Crippen LogP contribution in [0.25, 0.3) is 0 Å². The highest BCUT2D eigenvalue weighted by Gasteiger charge is 2.36. The average Bonchev–Trinajstić information content (AvgIpc) is 2.79. The van der Waals surface area contributed by atoms with E-state index in [2.05, 4.69) is 21.2 Å². The van der Waals surface area contributed by atoms with Crippen LogP contribution in [-0.2, 0) is 9.59 Å². The first-order valence-electron chi connectivity index (χ1n) is 7.24. The zero-order valence-corrected chi connectivity index (χ0v) is 14.6. The minimum Gasteiger partial charge on any atom is -0.484 e. The lowest BCUT2D eigenvalue weighted by Gasteiger charge is -2.32. The molecule has 1 saturated heterocycles. The third-order valence-electron chi connectivity index (χ3n) is 3.48. The van der Waals surface area contributed by atoms with E-state index < -0.39 is 0 Å². The Hall–Kier alpha value is -1.56. The number of nitrogens with zero attached hydrogens (tertiary/aromatic N) is 1. The van der Waals surface area contributed by atoms with Gasteiger partial charge in [-0.1, -0.05) is 15.9 Å². The Morgan fingerprint density at radius 3 is 2.55 bits per heavy atom. The topological polar surface area (TPSA) is 58.6 Å². The molecule has 1 heterocycles. The van der Waals surface area contributed by atoms with E-state index in [0.29, 0.717) is 18.7 Å². The van der Waals surface area contributed by atoms with Crippen molar-refractivity contribution in [3.05, 3.63) is 28.7 Å². The second-order valence-electron chi connectivity index (χ2n) is 6.39. The van der Waals surface area contributed by atoms with Crippen molar-refractivity contribution in [3.63, 3.8) is 0 Å². The van der Waals surface area contributed by atoms with Gasteiger partial charge in [0.15, 0.2) is 6.61 Å². The highest BCUT2D eigenvalue weighted by Crippen LogP contribution is 2.22.